The van der Waals surface area contributed by atoms with Gasteiger partial charge in [0.2, 0.25) is 0 Å². The lowest BCUT2D eigenvalue weighted by atomic mass is 9.86. The van der Waals surface area contributed by atoms with E-state index in [9.17, 15) is 9.59 Å². The summed E-state index contributed by atoms with van der Waals surface area (Å²) < 4.78 is 4.75. The molecular formula is C17H20O3. The van der Waals surface area contributed by atoms with Gasteiger partial charge < -0.3 is 4.74 Å². The third-order valence-corrected chi connectivity index (χ3v) is 3.73. The van der Waals surface area contributed by atoms with E-state index in [1.165, 1.54) is 7.11 Å². The van der Waals surface area contributed by atoms with Crippen LogP contribution in [0.1, 0.15) is 41.6 Å². The van der Waals surface area contributed by atoms with Gasteiger partial charge in [-0.05, 0) is 32.1 Å². The Morgan fingerprint density at radius 3 is 2.60 bits per heavy atom. The second-order valence-electron chi connectivity index (χ2n) is 5.33. The van der Waals surface area contributed by atoms with Crippen LogP contribution in [0, 0.1) is 12.8 Å². The highest BCUT2D eigenvalue weighted by molar-refractivity contribution is 5.96. The fraction of sp³-hybridized carbons (Fsp3) is 0.412. The van der Waals surface area contributed by atoms with Crippen molar-refractivity contribution < 1.29 is 14.3 Å². The van der Waals surface area contributed by atoms with E-state index >= 15 is 0 Å². The Balaban J connectivity index is 2.04. The van der Waals surface area contributed by atoms with Crippen molar-refractivity contribution in [3.63, 3.8) is 0 Å². The van der Waals surface area contributed by atoms with E-state index in [1.54, 1.807) is 0 Å². The van der Waals surface area contributed by atoms with E-state index < -0.39 is 0 Å². The lowest BCUT2D eigenvalue weighted by Crippen LogP contribution is -2.15. The molecule has 0 aliphatic heterocycles. The molecule has 0 fully saturated rings. The Labute approximate surface area is 119 Å². The maximum Gasteiger partial charge on any atom is 0.333 e. The number of rotatable bonds is 4. The number of carbonyl (C=O) groups excluding carboxylic acids is 2. The summed E-state index contributed by atoms with van der Waals surface area (Å²) in [6.45, 7) is 2.00. The zero-order valence-electron chi connectivity index (χ0n) is 12.0. The molecule has 1 aliphatic rings. The standard InChI is InChI=1S/C17H20O3/c1-12-6-8-14(9-7-12)16(18)11-13-4-3-5-15(10-13)17(19)20-2/h6-10,13H,3-5,11H2,1-2H3. The minimum Gasteiger partial charge on any atom is -0.466 e. The van der Waals surface area contributed by atoms with Gasteiger partial charge >= 0.3 is 5.97 Å². The number of Topliss-reactive ketones (excluding diaryl/α,β-unsaturated/α-hetero) is 1. The number of ether oxygens (including phenoxy) is 1. The zero-order valence-corrected chi connectivity index (χ0v) is 12.0. The first-order valence-corrected chi connectivity index (χ1v) is 6.99. The van der Waals surface area contributed by atoms with Crippen molar-refractivity contribution in [3.05, 3.63) is 47.0 Å². The predicted molar refractivity (Wildman–Crippen MR) is 77.6 cm³/mol. The largest absolute Gasteiger partial charge is 0.466 e. The lowest BCUT2D eigenvalue weighted by Gasteiger charge is -2.19. The van der Waals surface area contributed by atoms with Crippen LogP contribution >= 0.6 is 0 Å². The van der Waals surface area contributed by atoms with Crippen molar-refractivity contribution in [1.82, 2.24) is 0 Å². The van der Waals surface area contributed by atoms with Crippen molar-refractivity contribution in [3.8, 4) is 0 Å². The molecule has 1 aromatic carbocycles. The molecule has 3 nitrogen and oxygen atoms in total. The average Bonchev–Trinajstić information content (AvgIpc) is 2.47. The summed E-state index contributed by atoms with van der Waals surface area (Å²) in [5, 5.41) is 0. The Morgan fingerprint density at radius 1 is 1.25 bits per heavy atom. The molecule has 0 aromatic heterocycles. The van der Waals surface area contributed by atoms with Gasteiger partial charge in [0.15, 0.2) is 5.78 Å². The van der Waals surface area contributed by atoms with Gasteiger partial charge in [-0.15, -0.1) is 0 Å². The molecule has 3 heteroatoms. The van der Waals surface area contributed by atoms with E-state index in [-0.39, 0.29) is 17.7 Å². The van der Waals surface area contributed by atoms with Gasteiger partial charge in [0, 0.05) is 17.6 Å². The number of methoxy groups -OCH3 is 1. The molecular weight excluding hydrogens is 252 g/mol. The first-order valence-electron chi connectivity index (χ1n) is 6.99. The van der Waals surface area contributed by atoms with Crippen molar-refractivity contribution in [2.45, 2.75) is 32.6 Å². The molecule has 0 amide bonds. The van der Waals surface area contributed by atoms with E-state index in [0.29, 0.717) is 12.0 Å². The maximum absolute atomic E-state index is 12.2. The predicted octanol–water partition coefficient (Wildman–Crippen LogP) is 3.47. The minimum absolute atomic E-state index is 0.136. The van der Waals surface area contributed by atoms with Crippen molar-refractivity contribution in [2.75, 3.05) is 7.11 Å². The maximum atomic E-state index is 12.2. The van der Waals surface area contributed by atoms with E-state index in [2.05, 4.69) is 0 Å². The van der Waals surface area contributed by atoms with Crippen LogP contribution in [0.15, 0.2) is 35.9 Å². The first kappa shape index (κ1) is 14.5. The number of esters is 1. The Hall–Kier alpha value is -1.90. The number of hydrogen-bond acceptors (Lipinski definition) is 3. The van der Waals surface area contributed by atoms with Gasteiger partial charge in [-0.1, -0.05) is 35.9 Å². The smallest absolute Gasteiger partial charge is 0.333 e. The number of allylic oxidation sites excluding steroid dienone is 1. The minimum atomic E-state index is -0.266. The molecule has 1 atom stereocenters. The summed E-state index contributed by atoms with van der Waals surface area (Å²) in [6, 6.07) is 7.63. The number of ketones is 1. The van der Waals surface area contributed by atoms with E-state index in [0.717, 1.165) is 30.4 Å². The summed E-state index contributed by atoms with van der Waals surface area (Å²) >= 11 is 0. The normalized spacial score (nSPS) is 18.3. The molecule has 0 radical (unpaired) electrons. The van der Waals surface area contributed by atoms with E-state index in [1.807, 2.05) is 37.3 Å². The van der Waals surface area contributed by atoms with Crippen molar-refractivity contribution >= 4 is 11.8 Å². The fourth-order valence-corrected chi connectivity index (χ4v) is 2.56. The molecule has 106 valence electrons. The van der Waals surface area contributed by atoms with Crippen LogP contribution in [0.3, 0.4) is 0 Å². The monoisotopic (exact) mass is 272 g/mol. The molecule has 0 N–H and O–H groups in total. The number of benzene rings is 1. The van der Waals surface area contributed by atoms with Gasteiger partial charge in [0.1, 0.15) is 0 Å². The van der Waals surface area contributed by atoms with Crippen LogP contribution in [-0.4, -0.2) is 18.9 Å². The molecule has 1 aromatic rings. The Kier molecular flexibility index (Phi) is 4.72. The van der Waals surface area contributed by atoms with Gasteiger partial charge in [0.05, 0.1) is 7.11 Å². The zero-order chi connectivity index (χ0) is 14.5. The molecule has 1 unspecified atom stereocenters. The van der Waals surface area contributed by atoms with Crippen LogP contribution in [0.2, 0.25) is 0 Å². The topological polar surface area (TPSA) is 43.4 Å². The quantitative estimate of drug-likeness (QED) is 0.622. The third kappa shape index (κ3) is 3.56. The fourth-order valence-electron chi connectivity index (χ4n) is 2.56. The highest BCUT2D eigenvalue weighted by Crippen LogP contribution is 2.27. The SMILES string of the molecule is COC(=O)C1=CC(CC(=O)c2ccc(C)cc2)CCC1. The summed E-state index contributed by atoms with van der Waals surface area (Å²) in [5.74, 6) is 0.0153. The molecule has 1 aliphatic carbocycles. The summed E-state index contributed by atoms with van der Waals surface area (Å²) in [4.78, 5) is 23.8. The number of aryl methyl sites for hydroxylation is 1. The highest BCUT2D eigenvalue weighted by atomic mass is 16.5. The molecule has 0 spiro atoms. The van der Waals surface area contributed by atoms with Crippen molar-refractivity contribution in [2.24, 2.45) is 5.92 Å². The van der Waals surface area contributed by atoms with Gasteiger partial charge in [0.25, 0.3) is 0 Å². The highest BCUT2D eigenvalue weighted by Gasteiger charge is 2.21. The summed E-state index contributed by atoms with van der Waals surface area (Å²) in [6.07, 6.45) is 5.03. The molecule has 0 saturated heterocycles. The molecule has 0 bridgehead atoms. The average molecular weight is 272 g/mol. The van der Waals surface area contributed by atoms with Crippen LogP contribution in [0.25, 0.3) is 0 Å². The lowest BCUT2D eigenvalue weighted by molar-refractivity contribution is -0.136. The number of hydrogen-bond donors (Lipinski definition) is 0. The Morgan fingerprint density at radius 2 is 1.95 bits per heavy atom. The summed E-state index contributed by atoms with van der Waals surface area (Å²) in [5.41, 5.74) is 2.60. The van der Waals surface area contributed by atoms with Crippen LogP contribution in [-0.2, 0) is 9.53 Å². The van der Waals surface area contributed by atoms with Crippen LogP contribution in [0.5, 0.6) is 0 Å². The van der Waals surface area contributed by atoms with Gasteiger partial charge in [-0.3, -0.25) is 4.79 Å². The number of carbonyl (C=O) groups is 2. The Bertz CT molecular complexity index is 526. The van der Waals surface area contributed by atoms with Crippen LogP contribution < -0.4 is 0 Å². The second kappa shape index (κ2) is 6.51. The first-order chi connectivity index (χ1) is 9.60. The molecule has 0 heterocycles. The van der Waals surface area contributed by atoms with Gasteiger partial charge in [-0.2, -0.15) is 0 Å². The van der Waals surface area contributed by atoms with E-state index in [4.69, 9.17) is 4.74 Å². The summed E-state index contributed by atoms with van der Waals surface area (Å²) in [7, 11) is 1.39. The van der Waals surface area contributed by atoms with Crippen molar-refractivity contribution in [1.29, 1.82) is 0 Å². The molecule has 0 saturated carbocycles. The second-order valence-corrected chi connectivity index (χ2v) is 5.33. The van der Waals surface area contributed by atoms with Crippen LogP contribution in [0.4, 0.5) is 0 Å². The molecule has 20 heavy (non-hydrogen) atoms. The molecule has 2 rings (SSSR count). The van der Waals surface area contributed by atoms with Gasteiger partial charge in [-0.25, -0.2) is 4.79 Å². The third-order valence-electron chi connectivity index (χ3n) is 3.73.